The highest BCUT2D eigenvalue weighted by Crippen LogP contribution is 2.37. The van der Waals surface area contributed by atoms with Crippen LogP contribution in [-0.2, 0) is 0 Å². The summed E-state index contributed by atoms with van der Waals surface area (Å²) in [6.07, 6.45) is 3.49. The summed E-state index contributed by atoms with van der Waals surface area (Å²) in [5.74, 6) is 0.655. The number of hydrogen-bond acceptors (Lipinski definition) is 4. The van der Waals surface area contributed by atoms with Gasteiger partial charge in [-0.1, -0.05) is 18.2 Å². The standard InChI is InChI=1S/C18H22N4O2/c1-12(22(2)14-6-4-3-5-7-14)10-20-17(23)15-11-19-16(13-8-9-13)21-18(15)24/h3-7,11-13H,8-10H2,1-2H3,(H,20,23)(H,19,21,24)/t12-/m0/s1. The predicted octanol–water partition coefficient (Wildman–Crippen LogP) is 1.90. The number of aromatic nitrogens is 2. The van der Waals surface area contributed by atoms with Crippen molar-refractivity contribution in [2.75, 3.05) is 18.5 Å². The Labute approximate surface area is 140 Å². The minimum absolute atomic E-state index is 0.0639. The van der Waals surface area contributed by atoms with Gasteiger partial charge in [-0.2, -0.15) is 0 Å². The van der Waals surface area contributed by atoms with Gasteiger partial charge in [0.05, 0.1) is 0 Å². The Morgan fingerprint density at radius 3 is 2.71 bits per heavy atom. The van der Waals surface area contributed by atoms with Crippen molar-refractivity contribution in [1.29, 1.82) is 0 Å². The summed E-state index contributed by atoms with van der Waals surface area (Å²) < 4.78 is 0. The number of anilines is 1. The average Bonchev–Trinajstić information content (AvgIpc) is 3.44. The van der Waals surface area contributed by atoms with Gasteiger partial charge in [-0.15, -0.1) is 0 Å². The van der Waals surface area contributed by atoms with E-state index in [0.29, 0.717) is 18.3 Å². The first-order chi connectivity index (χ1) is 11.6. The van der Waals surface area contributed by atoms with E-state index < -0.39 is 0 Å². The lowest BCUT2D eigenvalue weighted by Gasteiger charge is -2.27. The normalized spacial score (nSPS) is 14.9. The molecule has 6 heteroatoms. The number of rotatable bonds is 6. The van der Waals surface area contributed by atoms with E-state index in [0.717, 1.165) is 18.5 Å². The first-order valence-corrected chi connectivity index (χ1v) is 8.21. The molecule has 2 N–H and O–H groups in total. The molecule has 0 bridgehead atoms. The van der Waals surface area contributed by atoms with Crippen LogP contribution in [-0.4, -0.2) is 35.5 Å². The topological polar surface area (TPSA) is 78.1 Å². The van der Waals surface area contributed by atoms with Crippen molar-refractivity contribution in [2.45, 2.75) is 31.7 Å². The minimum Gasteiger partial charge on any atom is -0.370 e. The van der Waals surface area contributed by atoms with Crippen molar-refractivity contribution in [3.63, 3.8) is 0 Å². The highest BCUT2D eigenvalue weighted by Gasteiger charge is 2.26. The minimum atomic E-state index is -0.389. The maximum absolute atomic E-state index is 12.2. The third-order valence-corrected chi connectivity index (χ3v) is 4.41. The van der Waals surface area contributed by atoms with Crippen molar-refractivity contribution in [2.24, 2.45) is 0 Å². The summed E-state index contributed by atoms with van der Waals surface area (Å²) in [4.78, 5) is 33.3. The van der Waals surface area contributed by atoms with E-state index in [1.54, 1.807) is 0 Å². The van der Waals surface area contributed by atoms with Crippen LogP contribution in [0.1, 0.15) is 41.9 Å². The average molecular weight is 326 g/mol. The molecule has 1 aromatic heterocycles. The molecule has 1 fully saturated rings. The molecule has 0 unspecified atom stereocenters. The van der Waals surface area contributed by atoms with Crippen molar-refractivity contribution in [3.8, 4) is 0 Å². The van der Waals surface area contributed by atoms with E-state index >= 15 is 0 Å². The zero-order chi connectivity index (χ0) is 17.1. The fourth-order valence-electron chi connectivity index (χ4n) is 2.52. The van der Waals surface area contributed by atoms with Crippen LogP contribution in [0.5, 0.6) is 0 Å². The molecule has 3 rings (SSSR count). The summed E-state index contributed by atoms with van der Waals surface area (Å²) in [6.45, 7) is 2.46. The van der Waals surface area contributed by atoms with E-state index in [1.165, 1.54) is 6.20 Å². The van der Waals surface area contributed by atoms with Crippen LogP contribution in [0.4, 0.5) is 5.69 Å². The second kappa shape index (κ2) is 6.86. The number of para-hydroxylation sites is 1. The van der Waals surface area contributed by atoms with Crippen LogP contribution < -0.4 is 15.8 Å². The first kappa shape index (κ1) is 16.2. The molecule has 1 aliphatic carbocycles. The van der Waals surface area contributed by atoms with E-state index in [1.807, 2.05) is 44.3 Å². The fraction of sp³-hybridized carbons (Fsp3) is 0.389. The van der Waals surface area contributed by atoms with E-state index in [-0.39, 0.29) is 23.1 Å². The second-order valence-corrected chi connectivity index (χ2v) is 6.29. The molecule has 6 nitrogen and oxygen atoms in total. The largest absolute Gasteiger partial charge is 0.370 e. The smallest absolute Gasteiger partial charge is 0.263 e. The number of amides is 1. The van der Waals surface area contributed by atoms with Crippen molar-refractivity contribution in [3.05, 3.63) is 58.3 Å². The highest BCUT2D eigenvalue weighted by atomic mass is 16.2. The molecule has 24 heavy (non-hydrogen) atoms. The number of nitrogens with zero attached hydrogens (tertiary/aromatic N) is 2. The Bertz CT molecular complexity index is 768. The van der Waals surface area contributed by atoms with Crippen LogP contribution in [0.3, 0.4) is 0 Å². The number of nitrogens with one attached hydrogen (secondary N) is 2. The summed E-state index contributed by atoms with van der Waals surface area (Å²) in [6, 6.07) is 10.0. The van der Waals surface area contributed by atoms with Gasteiger partial charge in [-0.25, -0.2) is 4.98 Å². The lowest BCUT2D eigenvalue weighted by Crippen LogP contribution is -2.41. The third kappa shape index (κ3) is 3.64. The quantitative estimate of drug-likeness (QED) is 0.850. The molecule has 1 amide bonds. The number of carbonyl (C=O) groups is 1. The zero-order valence-corrected chi connectivity index (χ0v) is 14.0. The molecule has 0 saturated heterocycles. The van der Waals surface area contributed by atoms with Gasteiger partial charge >= 0.3 is 0 Å². The van der Waals surface area contributed by atoms with Gasteiger partial charge < -0.3 is 15.2 Å². The summed E-state index contributed by atoms with van der Waals surface area (Å²) in [5.41, 5.74) is 0.773. The Morgan fingerprint density at radius 1 is 1.38 bits per heavy atom. The molecule has 0 spiro atoms. The van der Waals surface area contributed by atoms with Crippen LogP contribution in [0.15, 0.2) is 41.3 Å². The van der Waals surface area contributed by atoms with Crippen molar-refractivity contribution < 1.29 is 4.79 Å². The summed E-state index contributed by atoms with van der Waals surface area (Å²) in [5, 5.41) is 2.81. The van der Waals surface area contributed by atoms with Gasteiger partial charge in [0.1, 0.15) is 11.4 Å². The number of H-pyrrole nitrogens is 1. The lowest BCUT2D eigenvalue weighted by atomic mass is 10.2. The van der Waals surface area contributed by atoms with Gasteiger partial charge in [0.2, 0.25) is 0 Å². The Hall–Kier alpha value is -2.63. The molecule has 0 radical (unpaired) electrons. The van der Waals surface area contributed by atoms with Crippen LogP contribution in [0.25, 0.3) is 0 Å². The van der Waals surface area contributed by atoms with E-state index in [4.69, 9.17) is 0 Å². The highest BCUT2D eigenvalue weighted by molar-refractivity contribution is 5.93. The van der Waals surface area contributed by atoms with E-state index in [2.05, 4.69) is 20.2 Å². The number of aromatic amines is 1. The summed E-state index contributed by atoms with van der Waals surface area (Å²) >= 11 is 0. The first-order valence-electron chi connectivity index (χ1n) is 8.21. The lowest BCUT2D eigenvalue weighted by molar-refractivity contribution is 0.0949. The Morgan fingerprint density at radius 2 is 2.08 bits per heavy atom. The molecular formula is C18H22N4O2. The fourth-order valence-corrected chi connectivity index (χ4v) is 2.52. The van der Waals surface area contributed by atoms with Crippen molar-refractivity contribution >= 4 is 11.6 Å². The van der Waals surface area contributed by atoms with Crippen LogP contribution >= 0.6 is 0 Å². The van der Waals surface area contributed by atoms with Crippen LogP contribution in [0.2, 0.25) is 0 Å². The van der Waals surface area contributed by atoms with Gasteiger partial charge in [-0.3, -0.25) is 9.59 Å². The predicted molar refractivity (Wildman–Crippen MR) is 93.5 cm³/mol. The second-order valence-electron chi connectivity index (χ2n) is 6.29. The Balaban J connectivity index is 1.60. The maximum atomic E-state index is 12.2. The van der Waals surface area contributed by atoms with Gasteiger partial charge in [-0.05, 0) is 31.9 Å². The van der Waals surface area contributed by atoms with Gasteiger partial charge in [0.25, 0.3) is 11.5 Å². The molecule has 1 aliphatic rings. The molecule has 1 aromatic carbocycles. The van der Waals surface area contributed by atoms with Crippen LogP contribution in [0, 0.1) is 0 Å². The van der Waals surface area contributed by atoms with Crippen molar-refractivity contribution in [1.82, 2.24) is 15.3 Å². The molecule has 0 aliphatic heterocycles. The number of benzene rings is 1. The molecular weight excluding hydrogens is 304 g/mol. The SMILES string of the molecule is C[C@@H](CNC(=O)c1cnc(C2CC2)[nH]c1=O)N(C)c1ccccc1. The molecule has 1 saturated carbocycles. The summed E-state index contributed by atoms with van der Waals surface area (Å²) in [7, 11) is 1.98. The molecule has 1 heterocycles. The van der Waals surface area contributed by atoms with E-state index in [9.17, 15) is 9.59 Å². The van der Waals surface area contributed by atoms with Gasteiger partial charge in [0, 0.05) is 37.4 Å². The number of carbonyl (C=O) groups excluding carboxylic acids is 1. The Kier molecular flexibility index (Phi) is 4.64. The monoisotopic (exact) mass is 326 g/mol. The third-order valence-electron chi connectivity index (χ3n) is 4.41. The zero-order valence-electron chi connectivity index (χ0n) is 14.0. The molecule has 126 valence electrons. The maximum Gasteiger partial charge on any atom is 0.263 e. The number of hydrogen-bond donors (Lipinski definition) is 2. The molecule has 2 aromatic rings. The molecule has 1 atom stereocenters. The van der Waals surface area contributed by atoms with Gasteiger partial charge in [0.15, 0.2) is 0 Å². The number of likely N-dealkylation sites (N-methyl/N-ethyl adjacent to an activating group) is 1.